The molecule has 4 N–H and O–H groups in total. The van der Waals surface area contributed by atoms with Gasteiger partial charge in [-0.25, -0.2) is 13.6 Å². The van der Waals surface area contributed by atoms with Gasteiger partial charge in [0.15, 0.2) is 0 Å². The van der Waals surface area contributed by atoms with E-state index in [4.69, 9.17) is 10.5 Å². The summed E-state index contributed by atoms with van der Waals surface area (Å²) in [6.07, 6.45) is 0. The van der Waals surface area contributed by atoms with Crippen LogP contribution >= 0.6 is 0 Å². The molecule has 10 heteroatoms. The van der Waals surface area contributed by atoms with Gasteiger partial charge in [-0.1, -0.05) is 18.2 Å². The highest BCUT2D eigenvalue weighted by Gasteiger charge is 2.22. The van der Waals surface area contributed by atoms with Gasteiger partial charge < -0.3 is 20.9 Å². The average Bonchev–Trinajstić information content (AvgIpc) is 3.17. The lowest BCUT2D eigenvalue weighted by molar-refractivity contribution is 0.0695. The van der Waals surface area contributed by atoms with Crippen molar-refractivity contribution in [2.75, 3.05) is 6.54 Å². The number of nitrogens with two attached hydrogens (primary N) is 1. The van der Waals surface area contributed by atoms with Gasteiger partial charge in [-0.05, 0) is 61.7 Å². The molecule has 0 spiro atoms. The first kappa shape index (κ1) is 25.8. The van der Waals surface area contributed by atoms with Crippen LogP contribution in [0.3, 0.4) is 0 Å². The zero-order valence-corrected chi connectivity index (χ0v) is 20.5. The summed E-state index contributed by atoms with van der Waals surface area (Å²) in [7, 11) is 0. The zero-order valence-electron chi connectivity index (χ0n) is 20.5. The molecule has 4 rings (SSSR count). The number of carboxylic acids is 1. The summed E-state index contributed by atoms with van der Waals surface area (Å²) in [5.74, 6) is -2.70. The summed E-state index contributed by atoms with van der Waals surface area (Å²) in [6, 6.07) is 11.2. The maximum absolute atomic E-state index is 14.0. The predicted octanol–water partition coefficient (Wildman–Crippen LogP) is 4.24. The Hall–Kier alpha value is -4.31. The number of aromatic nitrogens is 2. The number of carbonyl (C=O) groups excluding carboxylic acids is 1. The zero-order chi connectivity index (χ0) is 26.9. The van der Waals surface area contributed by atoms with E-state index < -0.39 is 29.6 Å². The van der Waals surface area contributed by atoms with Gasteiger partial charge in [-0.2, -0.15) is 9.61 Å². The number of nitrogens with one attached hydrogen (secondary N) is 1. The molecule has 0 aliphatic rings. The first-order valence-corrected chi connectivity index (χ1v) is 11.5. The van der Waals surface area contributed by atoms with Crippen LogP contribution in [0.4, 0.5) is 8.78 Å². The smallest absolute Gasteiger partial charge is 0.335 e. The van der Waals surface area contributed by atoms with E-state index in [-0.39, 0.29) is 30.2 Å². The normalized spacial score (nSPS) is 11.9. The highest BCUT2D eigenvalue weighted by Crippen LogP contribution is 2.25. The van der Waals surface area contributed by atoms with Crippen molar-refractivity contribution in [3.63, 3.8) is 0 Å². The number of hydrogen-bond donors (Lipinski definition) is 3. The SMILES string of the molecule is Cc1cc(OCc2c(F)cccc2F)n2nc(C)c(C(=O)NCC(N)c3cccc(C(=O)O)c3C)c2c1. The summed E-state index contributed by atoms with van der Waals surface area (Å²) < 4.78 is 35.2. The molecule has 0 bridgehead atoms. The molecule has 0 saturated carbocycles. The van der Waals surface area contributed by atoms with Crippen molar-refractivity contribution in [3.05, 3.63) is 99.2 Å². The number of benzene rings is 2. The van der Waals surface area contributed by atoms with E-state index in [1.807, 2.05) is 0 Å². The fourth-order valence-corrected chi connectivity index (χ4v) is 4.25. The van der Waals surface area contributed by atoms with Crippen molar-refractivity contribution < 1.29 is 28.2 Å². The number of carboxylic acid groups (broad SMARTS) is 1. The number of rotatable bonds is 8. The molecule has 4 aromatic rings. The highest BCUT2D eigenvalue weighted by atomic mass is 19.1. The third-order valence-corrected chi connectivity index (χ3v) is 6.16. The van der Waals surface area contributed by atoms with Crippen molar-refractivity contribution in [1.29, 1.82) is 0 Å². The number of ether oxygens (including phenoxy) is 1. The van der Waals surface area contributed by atoms with Crippen LogP contribution in [0, 0.1) is 32.4 Å². The second kappa shape index (κ2) is 10.4. The standard InChI is InChI=1S/C27H26F2N4O4/c1-14-10-23-25(26(34)31-12-22(30)17-6-4-7-18(15(17)2)27(35)36)16(3)32-33(23)24(11-14)37-13-19-20(28)8-5-9-21(19)29/h4-11,22H,12-13,30H2,1-3H3,(H,31,34)(H,35,36). The van der Waals surface area contributed by atoms with Gasteiger partial charge in [0.2, 0.25) is 5.88 Å². The minimum atomic E-state index is -1.05. The van der Waals surface area contributed by atoms with Crippen LogP contribution < -0.4 is 15.8 Å². The van der Waals surface area contributed by atoms with Crippen LogP contribution in [0.2, 0.25) is 0 Å². The Morgan fingerprint density at radius 2 is 1.78 bits per heavy atom. The molecule has 2 aromatic carbocycles. The third-order valence-electron chi connectivity index (χ3n) is 6.16. The molecular weight excluding hydrogens is 482 g/mol. The molecule has 2 heterocycles. The van der Waals surface area contributed by atoms with E-state index in [0.717, 1.165) is 17.7 Å². The first-order valence-electron chi connectivity index (χ1n) is 11.5. The van der Waals surface area contributed by atoms with Crippen LogP contribution in [0.5, 0.6) is 5.88 Å². The third kappa shape index (κ3) is 5.14. The van der Waals surface area contributed by atoms with Crippen LogP contribution in [-0.2, 0) is 6.61 Å². The van der Waals surface area contributed by atoms with E-state index >= 15 is 0 Å². The number of fused-ring (bicyclic) bond motifs is 1. The molecule has 1 amide bonds. The number of pyridine rings is 1. The molecular formula is C27H26F2N4O4. The fourth-order valence-electron chi connectivity index (χ4n) is 4.25. The Morgan fingerprint density at radius 1 is 1.11 bits per heavy atom. The number of amides is 1. The summed E-state index contributed by atoms with van der Waals surface area (Å²) in [5, 5.41) is 16.6. The van der Waals surface area contributed by atoms with Crippen LogP contribution in [0.15, 0.2) is 48.5 Å². The van der Waals surface area contributed by atoms with E-state index in [9.17, 15) is 23.5 Å². The highest BCUT2D eigenvalue weighted by molar-refractivity contribution is 6.02. The molecule has 0 fully saturated rings. The number of aryl methyl sites for hydroxylation is 2. The molecule has 0 saturated heterocycles. The number of aromatic carboxylic acids is 1. The fraction of sp³-hybridized carbons (Fsp3) is 0.222. The van der Waals surface area contributed by atoms with Gasteiger partial charge in [0, 0.05) is 18.7 Å². The minimum Gasteiger partial charge on any atom is -0.478 e. The lowest BCUT2D eigenvalue weighted by Crippen LogP contribution is -2.32. The first-order chi connectivity index (χ1) is 17.6. The van der Waals surface area contributed by atoms with Crippen molar-refractivity contribution in [3.8, 4) is 5.88 Å². The second-order valence-electron chi connectivity index (χ2n) is 8.76. The maximum Gasteiger partial charge on any atom is 0.335 e. The molecule has 0 aliphatic heterocycles. The van der Waals surface area contributed by atoms with Gasteiger partial charge in [-0.15, -0.1) is 0 Å². The number of halogens is 2. The lowest BCUT2D eigenvalue weighted by Gasteiger charge is -2.17. The summed E-state index contributed by atoms with van der Waals surface area (Å²) in [6.45, 7) is 4.84. The second-order valence-corrected chi connectivity index (χ2v) is 8.76. The lowest BCUT2D eigenvalue weighted by atomic mass is 9.97. The molecule has 192 valence electrons. The molecule has 1 atom stereocenters. The van der Waals surface area contributed by atoms with Gasteiger partial charge in [0.05, 0.1) is 27.9 Å². The quantitative estimate of drug-likeness (QED) is 0.328. The van der Waals surface area contributed by atoms with Gasteiger partial charge in [0.25, 0.3) is 5.91 Å². The Morgan fingerprint density at radius 3 is 2.46 bits per heavy atom. The monoisotopic (exact) mass is 508 g/mol. The molecule has 0 aliphatic carbocycles. The van der Waals surface area contributed by atoms with Gasteiger partial charge >= 0.3 is 5.97 Å². The Kier molecular flexibility index (Phi) is 7.21. The van der Waals surface area contributed by atoms with Crippen molar-refractivity contribution >= 4 is 17.4 Å². The van der Waals surface area contributed by atoms with Crippen LogP contribution in [-0.4, -0.2) is 33.1 Å². The average molecular weight is 509 g/mol. The molecule has 37 heavy (non-hydrogen) atoms. The Labute approximate surface area is 211 Å². The van der Waals surface area contributed by atoms with Crippen LogP contribution in [0.25, 0.3) is 5.52 Å². The number of hydrogen-bond acceptors (Lipinski definition) is 5. The molecule has 8 nitrogen and oxygen atoms in total. The van der Waals surface area contributed by atoms with Gasteiger partial charge in [-0.3, -0.25) is 4.79 Å². The van der Waals surface area contributed by atoms with E-state index in [0.29, 0.717) is 27.9 Å². The van der Waals surface area contributed by atoms with Gasteiger partial charge in [0.1, 0.15) is 18.2 Å². The van der Waals surface area contributed by atoms with E-state index in [1.54, 1.807) is 45.0 Å². The summed E-state index contributed by atoms with van der Waals surface area (Å²) in [4.78, 5) is 24.6. The largest absolute Gasteiger partial charge is 0.478 e. The predicted molar refractivity (Wildman–Crippen MR) is 133 cm³/mol. The Balaban J connectivity index is 1.57. The molecule has 1 unspecified atom stereocenters. The van der Waals surface area contributed by atoms with Crippen molar-refractivity contribution in [1.82, 2.24) is 14.9 Å². The number of nitrogens with zero attached hydrogens (tertiary/aromatic N) is 2. The minimum absolute atomic E-state index is 0.0568. The maximum atomic E-state index is 14.0. The summed E-state index contributed by atoms with van der Waals surface area (Å²) in [5.41, 5.74) is 9.29. The number of carbonyl (C=O) groups is 2. The van der Waals surface area contributed by atoms with Crippen molar-refractivity contribution in [2.45, 2.75) is 33.4 Å². The Bertz CT molecular complexity index is 1500. The topological polar surface area (TPSA) is 119 Å². The van der Waals surface area contributed by atoms with E-state index in [1.165, 1.54) is 16.6 Å². The van der Waals surface area contributed by atoms with Crippen molar-refractivity contribution in [2.24, 2.45) is 5.73 Å². The molecule has 0 radical (unpaired) electrons. The van der Waals surface area contributed by atoms with Crippen LogP contribution in [0.1, 0.15) is 54.7 Å². The summed E-state index contributed by atoms with van der Waals surface area (Å²) >= 11 is 0. The molecule has 2 aromatic heterocycles. The van der Waals surface area contributed by atoms with E-state index in [2.05, 4.69) is 10.4 Å².